The number of hydrogen-bond acceptors (Lipinski definition) is 6. The van der Waals surface area contributed by atoms with E-state index in [9.17, 15) is 4.79 Å². The fourth-order valence-corrected chi connectivity index (χ4v) is 4.82. The van der Waals surface area contributed by atoms with Gasteiger partial charge < -0.3 is 15.4 Å². The van der Waals surface area contributed by atoms with Gasteiger partial charge in [0.05, 0.1) is 16.8 Å². The van der Waals surface area contributed by atoms with Crippen LogP contribution >= 0.6 is 0 Å². The van der Waals surface area contributed by atoms with Crippen molar-refractivity contribution in [3.63, 3.8) is 0 Å². The molecule has 1 saturated carbocycles. The molecule has 36 heavy (non-hydrogen) atoms. The Balaban J connectivity index is 1.32. The molecule has 8 heteroatoms. The number of rotatable bonds is 7. The van der Waals surface area contributed by atoms with Gasteiger partial charge in [-0.15, -0.1) is 0 Å². The Hall–Kier alpha value is -3.78. The fourth-order valence-electron chi connectivity index (χ4n) is 4.82. The number of ether oxygens (including phenoxy) is 1. The van der Waals surface area contributed by atoms with E-state index in [1.54, 1.807) is 7.11 Å². The van der Waals surface area contributed by atoms with Crippen LogP contribution in [-0.2, 0) is 11.3 Å². The van der Waals surface area contributed by atoms with Crippen LogP contribution in [0.15, 0.2) is 54.6 Å². The highest BCUT2D eigenvalue weighted by Crippen LogP contribution is 2.29. The summed E-state index contributed by atoms with van der Waals surface area (Å²) in [6, 6.07) is 18.1. The molecule has 0 aliphatic heterocycles. The first-order valence-corrected chi connectivity index (χ1v) is 12.5. The van der Waals surface area contributed by atoms with E-state index in [4.69, 9.17) is 19.8 Å². The number of nitrogens with one attached hydrogen (secondary N) is 2. The zero-order valence-electron chi connectivity index (χ0n) is 21.0. The van der Waals surface area contributed by atoms with Gasteiger partial charge >= 0.3 is 0 Å². The molecule has 2 aromatic heterocycles. The largest absolute Gasteiger partial charge is 0.377 e. The fraction of sp³-hybridized carbons (Fsp3) is 0.357. The molecule has 2 N–H and O–H groups in total. The minimum absolute atomic E-state index is 0.00271. The van der Waals surface area contributed by atoms with Crippen molar-refractivity contribution in [2.45, 2.75) is 58.2 Å². The number of aromatic nitrogens is 4. The Kier molecular flexibility index (Phi) is 6.95. The molecule has 1 fully saturated rings. The topological polar surface area (TPSA) is 94.0 Å². The van der Waals surface area contributed by atoms with Crippen molar-refractivity contribution in [3.05, 3.63) is 77.2 Å². The molecule has 8 nitrogen and oxygen atoms in total. The van der Waals surface area contributed by atoms with E-state index in [1.165, 1.54) is 0 Å². The van der Waals surface area contributed by atoms with Crippen molar-refractivity contribution in [2.75, 3.05) is 12.4 Å². The Morgan fingerprint density at radius 3 is 2.36 bits per heavy atom. The van der Waals surface area contributed by atoms with E-state index in [2.05, 4.69) is 10.6 Å². The van der Waals surface area contributed by atoms with Gasteiger partial charge in [0.25, 0.3) is 5.91 Å². The third-order valence-electron chi connectivity index (χ3n) is 6.74. The third kappa shape index (κ3) is 5.09. The van der Waals surface area contributed by atoms with Crippen LogP contribution in [-0.4, -0.2) is 44.8 Å². The van der Waals surface area contributed by atoms with Crippen molar-refractivity contribution in [1.82, 2.24) is 25.1 Å². The van der Waals surface area contributed by atoms with Gasteiger partial charge in [-0.3, -0.25) is 4.79 Å². The molecule has 1 aliphatic carbocycles. The highest BCUT2D eigenvalue weighted by molar-refractivity contribution is 5.94. The molecule has 1 amide bonds. The van der Waals surface area contributed by atoms with Gasteiger partial charge in [-0.05, 0) is 63.8 Å². The number of anilines is 1. The lowest BCUT2D eigenvalue weighted by atomic mass is 9.91. The number of nitrogens with zero attached hydrogens (tertiary/aromatic N) is 4. The number of aryl methyl sites for hydroxylation is 2. The Bertz CT molecular complexity index is 1340. The SMILES string of the molecule is COCc1nc(NC2CCC(NC(=O)c3ccc(C)cc3)CC2)c2c(C)nn(-c3ccccc3)c2n1. The second-order valence-electron chi connectivity index (χ2n) is 9.49. The molecular formula is C28H32N6O2. The van der Waals surface area contributed by atoms with Crippen molar-refractivity contribution in [2.24, 2.45) is 0 Å². The van der Waals surface area contributed by atoms with Crippen molar-refractivity contribution >= 4 is 22.8 Å². The number of fused-ring (bicyclic) bond motifs is 1. The van der Waals surface area contributed by atoms with E-state index in [0.717, 1.165) is 59.5 Å². The summed E-state index contributed by atoms with van der Waals surface area (Å²) in [5.41, 5.74) is 4.45. The number of hydrogen-bond donors (Lipinski definition) is 2. The number of benzene rings is 2. The maximum Gasteiger partial charge on any atom is 0.251 e. The second-order valence-corrected chi connectivity index (χ2v) is 9.49. The van der Waals surface area contributed by atoms with E-state index in [0.29, 0.717) is 18.0 Å². The quantitative estimate of drug-likeness (QED) is 0.394. The molecule has 2 aromatic carbocycles. The van der Waals surface area contributed by atoms with Gasteiger partial charge in [-0.1, -0.05) is 35.9 Å². The molecule has 4 aromatic rings. The molecule has 5 rings (SSSR count). The van der Waals surface area contributed by atoms with Crippen LogP contribution in [0.3, 0.4) is 0 Å². The number of amides is 1. The van der Waals surface area contributed by atoms with Crippen LogP contribution < -0.4 is 10.6 Å². The van der Waals surface area contributed by atoms with E-state index >= 15 is 0 Å². The van der Waals surface area contributed by atoms with Crippen LogP contribution in [0, 0.1) is 13.8 Å². The monoisotopic (exact) mass is 484 g/mol. The first-order chi connectivity index (χ1) is 17.5. The summed E-state index contributed by atoms with van der Waals surface area (Å²) in [7, 11) is 1.65. The molecular weight excluding hydrogens is 452 g/mol. The summed E-state index contributed by atoms with van der Waals surface area (Å²) < 4.78 is 7.21. The van der Waals surface area contributed by atoms with E-state index in [-0.39, 0.29) is 18.0 Å². The van der Waals surface area contributed by atoms with E-state index < -0.39 is 0 Å². The maximum atomic E-state index is 12.6. The molecule has 0 spiro atoms. The van der Waals surface area contributed by atoms with Gasteiger partial charge in [0, 0.05) is 24.8 Å². The molecule has 2 heterocycles. The molecule has 0 bridgehead atoms. The van der Waals surface area contributed by atoms with Gasteiger partial charge in [-0.25, -0.2) is 14.6 Å². The van der Waals surface area contributed by atoms with Gasteiger partial charge in [0.2, 0.25) is 0 Å². The predicted molar refractivity (Wildman–Crippen MR) is 140 cm³/mol. The minimum Gasteiger partial charge on any atom is -0.377 e. The highest BCUT2D eigenvalue weighted by Gasteiger charge is 2.25. The average Bonchev–Trinajstić information content (AvgIpc) is 3.23. The Labute approximate surface area is 211 Å². The zero-order valence-corrected chi connectivity index (χ0v) is 21.0. The predicted octanol–water partition coefficient (Wildman–Crippen LogP) is 4.73. The number of carbonyl (C=O) groups is 1. The van der Waals surface area contributed by atoms with Crippen molar-refractivity contribution in [1.29, 1.82) is 0 Å². The number of carbonyl (C=O) groups excluding carboxylic acids is 1. The molecule has 0 unspecified atom stereocenters. The molecule has 0 saturated heterocycles. The Morgan fingerprint density at radius 2 is 1.67 bits per heavy atom. The summed E-state index contributed by atoms with van der Waals surface area (Å²) in [5.74, 6) is 1.40. The molecule has 0 atom stereocenters. The summed E-state index contributed by atoms with van der Waals surface area (Å²) in [6.07, 6.45) is 3.71. The normalized spacial score (nSPS) is 17.8. The third-order valence-corrected chi connectivity index (χ3v) is 6.74. The van der Waals surface area contributed by atoms with Crippen molar-refractivity contribution in [3.8, 4) is 5.69 Å². The van der Waals surface area contributed by atoms with Gasteiger partial charge in [0.15, 0.2) is 11.5 Å². The van der Waals surface area contributed by atoms with Gasteiger partial charge in [-0.2, -0.15) is 5.10 Å². The van der Waals surface area contributed by atoms with Crippen LogP contribution in [0.4, 0.5) is 5.82 Å². The van der Waals surface area contributed by atoms with Crippen LogP contribution in [0.25, 0.3) is 16.7 Å². The second kappa shape index (κ2) is 10.5. The smallest absolute Gasteiger partial charge is 0.251 e. The average molecular weight is 485 g/mol. The van der Waals surface area contributed by atoms with Crippen LogP contribution in [0.5, 0.6) is 0 Å². The molecule has 186 valence electrons. The molecule has 0 radical (unpaired) electrons. The van der Waals surface area contributed by atoms with Crippen LogP contribution in [0.2, 0.25) is 0 Å². The summed E-state index contributed by atoms with van der Waals surface area (Å²) >= 11 is 0. The summed E-state index contributed by atoms with van der Waals surface area (Å²) in [5, 5.41) is 12.6. The molecule has 1 aliphatic rings. The number of methoxy groups -OCH3 is 1. The first kappa shape index (κ1) is 23.9. The van der Waals surface area contributed by atoms with Gasteiger partial charge in [0.1, 0.15) is 12.4 Å². The highest BCUT2D eigenvalue weighted by atomic mass is 16.5. The van der Waals surface area contributed by atoms with Crippen molar-refractivity contribution < 1.29 is 9.53 Å². The van der Waals surface area contributed by atoms with Crippen LogP contribution in [0.1, 0.15) is 53.1 Å². The number of para-hydroxylation sites is 1. The minimum atomic E-state index is -0.00271. The lowest BCUT2D eigenvalue weighted by molar-refractivity contribution is 0.0926. The standard InChI is InChI=1S/C28H32N6O2/c1-18-9-11-20(12-10-18)28(35)30-22-15-13-21(14-16-22)29-26-25-19(2)33-34(23-7-5-4-6-8-23)27(25)32-24(31-26)17-36-3/h4-12,21-22H,13-17H2,1-3H3,(H,30,35)(H,29,31,32). The van der Waals surface area contributed by atoms with E-state index in [1.807, 2.05) is 73.1 Å². The lowest BCUT2D eigenvalue weighted by Gasteiger charge is -2.30. The Morgan fingerprint density at radius 1 is 0.972 bits per heavy atom. The zero-order chi connectivity index (χ0) is 25.1. The summed E-state index contributed by atoms with van der Waals surface area (Å²) in [6.45, 7) is 4.33. The lowest BCUT2D eigenvalue weighted by Crippen LogP contribution is -2.40. The summed E-state index contributed by atoms with van der Waals surface area (Å²) in [4.78, 5) is 22.2. The first-order valence-electron chi connectivity index (χ1n) is 12.5. The maximum absolute atomic E-state index is 12.6.